The van der Waals surface area contributed by atoms with E-state index in [1.807, 2.05) is 0 Å². The molecule has 188 valence electrons. The molecule has 0 saturated heterocycles. The fourth-order valence-electron chi connectivity index (χ4n) is 3.42. The topological polar surface area (TPSA) is 111 Å². The van der Waals surface area contributed by atoms with E-state index in [0.717, 1.165) is 12.4 Å². The number of aromatic nitrogens is 1. The zero-order chi connectivity index (χ0) is 26.3. The molecule has 0 fully saturated rings. The number of rotatable bonds is 9. The summed E-state index contributed by atoms with van der Waals surface area (Å²) >= 11 is 1.42. The number of nitrogens with one attached hydrogen (secondary N) is 2. The van der Waals surface area contributed by atoms with E-state index in [0.29, 0.717) is 22.9 Å². The maximum absolute atomic E-state index is 13.3. The number of halogens is 3. The van der Waals surface area contributed by atoms with Crippen molar-refractivity contribution in [3.8, 4) is 11.1 Å². The Kier molecular flexibility index (Phi) is 11.2. The largest absolute Gasteiger partial charge is 1.00 e. The molecule has 7 nitrogen and oxygen atoms in total. The zero-order valence-electron chi connectivity index (χ0n) is 20.0. The van der Waals surface area contributed by atoms with Crippen molar-refractivity contribution < 1.29 is 62.2 Å². The van der Waals surface area contributed by atoms with Gasteiger partial charge in [0.25, 0.3) is 11.8 Å². The summed E-state index contributed by atoms with van der Waals surface area (Å²) < 4.78 is 39.9. The number of hydrogen-bond acceptors (Lipinski definition) is 6. The quantitative estimate of drug-likeness (QED) is 0.386. The molecule has 0 bridgehead atoms. The van der Waals surface area contributed by atoms with Crippen molar-refractivity contribution in [1.29, 1.82) is 0 Å². The summed E-state index contributed by atoms with van der Waals surface area (Å²) in [6.07, 6.45) is -1.01. The summed E-state index contributed by atoms with van der Waals surface area (Å²) in [5, 5.41) is 16.3. The second-order valence-electron chi connectivity index (χ2n) is 7.63. The number of aliphatic carboxylic acids is 1. The van der Waals surface area contributed by atoms with Crippen LogP contribution in [0.3, 0.4) is 0 Å². The number of carboxylic acid groups (broad SMARTS) is 1. The number of nitrogens with zero attached hydrogens (tertiary/aromatic N) is 1. The Labute approximate surface area is 237 Å². The van der Waals surface area contributed by atoms with Crippen LogP contribution in [0, 0.1) is 0 Å². The molecule has 2 amide bonds. The van der Waals surface area contributed by atoms with Crippen LogP contribution in [0.15, 0.2) is 67.0 Å². The molecule has 1 atom stereocenters. The number of hydrogen-bond donors (Lipinski definition) is 2. The van der Waals surface area contributed by atoms with Gasteiger partial charge in [-0.25, -0.2) is 0 Å². The number of pyridine rings is 1. The minimum Gasteiger partial charge on any atom is -0.548 e. The monoisotopic (exact) mass is 539 g/mol. The van der Waals surface area contributed by atoms with Crippen LogP contribution in [0.5, 0.6) is 0 Å². The molecule has 1 heterocycles. The summed E-state index contributed by atoms with van der Waals surface area (Å²) in [7, 11) is 0. The first kappa shape index (κ1) is 30.4. The van der Waals surface area contributed by atoms with Crippen LogP contribution in [0.4, 0.5) is 18.9 Å². The molecule has 0 saturated carbocycles. The van der Waals surface area contributed by atoms with Gasteiger partial charge in [-0.15, -0.1) is 0 Å². The Hall–Kier alpha value is -2.86. The van der Waals surface area contributed by atoms with Crippen molar-refractivity contribution in [2.24, 2.45) is 0 Å². The molecule has 1 aromatic heterocycles. The van der Waals surface area contributed by atoms with Gasteiger partial charge in [-0.2, -0.15) is 24.9 Å². The van der Waals surface area contributed by atoms with E-state index in [-0.39, 0.29) is 47.2 Å². The minimum absolute atomic E-state index is 0. The second-order valence-corrected chi connectivity index (χ2v) is 8.61. The molecular formula is C25H21F3N3NaO4S. The number of carbonyl (C=O) groups is 3. The van der Waals surface area contributed by atoms with Gasteiger partial charge in [-0.3, -0.25) is 14.6 Å². The van der Waals surface area contributed by atoms with Gasteiger partial charge in [-0.1, -0.05) is 30.3 Å². The summed E-state index contributed by atoms with van der Waals surface area (Å²) in [6, 6.07) is 12.2. The third-order valence-electron chi connectivity index (χ3n) is 5.18. The molecule has 3 rings (SSSR count). The maximum Gasteiger partial charge on any atom is 1.00 e. The van der Waals surface area contributed by atoms with Gasteiger partial charge in [-0.05, 0) is 53.8 Å². The van der Waals surface area contributed by atoms with Gasteiger partial charge in [0.1, 0.15) is 0 Å². The second kappa shape index (κ2) is 13.6. The predicted octanol–water partition coefficient (Wildman–Crippen LogP) is 0.625. The van der Waals surface area contributed by atoms with Crippen LogP contribution >= 0.6 is 11.8 Å². The van der Waals surface area contributed by atoms with Gasteiger partial charge in [0.05, 0.1) is 23.1 Å². The van der Waals surface area contributed by atoms with Gasteiger partial charge in [0.2, 0.25) is 0 Å². The van der Waals surface area contributed by atoms with Gasteiger partial charge >= 0.3 is 35.7 Å². The maximum atomic E-state index is 13.3. The average molecular weight is 540 g/mol. The third kappa shape index (κ3) is 8.06. The number of benzene rings is 2. The van der Waals surface area contributed by atoms with Crippen LogP contribution in [-0.4, -0.2) is 40.8 Å². The number of alkyl halides is 3. The van der Waals surface area contributed by atoms with Crippen molar-refractivity contribution in [1.82, 2.24) is 10.3 Å². The van der Waals surface area contributed by atoms with Crippen LogP contribution in [0.1, 0.15) is 32.7 Å². The third-order valence-corrected chi connectivity index (χ3v) is 5.82. The first-order valence-electron chi connectivity index (χ1n) is 10.6. The first-order chi connectivity index (χ1) is 17.1. The van der Waals surface area contributed by atoms with Crippen molar-refractivity contribution in [2.45, 2.75) is 18.6 Å². The van der Waals surface area contributed by atoms with E-state index in [2.05, 4.69) is 15.6 Å². The average Bonchev–Trinajstić information content (AvgIpc) is 2.86. The molecule has 0 aliphatic carbocycles. The Morgan fingerprint density at radius 1 is 1.03 bits per heavy atom. The molecule has 37 heavy (non-hydrogen) atoms. The Morgan fingerprint density at radius 2 is 1.73 bits per heavy atom. The minimum atomic E-state index is -4.75. The zero-order valence-corrected chi connectivity index (χ0v) is 22.8. The van der Waals surface area contributed by atoms with Crippen LogP contribution in [0.2, 0.25) is 0 Å². The van der Waals surface area contributed by atoms with E-state index >= 15 is 0 Å². The summed E-state index contributed by atoms with van der Waals surface area (Å²) in [6.45, 7) is 0. The molecule has 0 radical (unpaired) electrons. The standard InChI is InChI=1S/C25H22F3N3O4S.Na/c1-36-12-10-21(24(34)35)31-22(32)17-8-7-16(13-18(17)15-5-3-2-4-6-15)30-23(33)19-14-29-11-9-20(19)25(26,27)28;/h2-9,11,13-14,21H,10,12H2,1H3,(H,30,33)(H,31,32)(H,34,35);/q;+1/p-1. The number of thioether (sulfide) groups is 1. The number of carbonyl (C=O) groups excluding carboxylic acids is 3. The first-order valence-corrected chi connectivity index (χ1v) is 12.0. The van der Waals surface area contributed by atoms with Crippen molar-refractivity contribution >= 4 is 35.2 Å². The van der Waals surface area contributed by atoms with Crippen molar-refractivity contribution in [3.05, 3.63) is 83.7 Å². The SMILES string of the molecule is CSCCC(NC(=O)c1ccc(NC(=O)c2cnccc2C(F)(F)F)cc1-c1ccccc1)C(=O)[O-].[Na+]. The Balaban J connectivity index is 0.00000481. The van der Waals surface area contributed by atoms with Crippen LogP contribution in [0.25, 0.3) is 11.1 Å². The number of carboxylic acids is 1. The van der Waals surface area contributed by atoms with Crippen LogP contribution < -0.4 is 45.3 Å². The van der Waals surface area contributed by atoms with E-state index in [4.69, 9.17) is 0 Å². The molecular weight excluding hydrogens is 518 g/mol. The van der Waals surface area contributed by atoms with Gasteiger partial charge in [0.15, 0.2) is 0 Å². The summed E-state index contributed by atoms with van der Waals surface area (Å²) in [5.74, 6) is -2.63. The van der Waals surface area contributed by atoms with E-state index < -0.39 is 41.1 Å². The number of amides is 2. The van der Waals surface area contributed by atoms with Gasteiger partial charge < -0.3 is 20.5 Å². The number of anilines is 1. The molecule has 0 spiro atoms. The van der Waals surface area contributed by atoms with Crippen LogP contribution in [-0.2, 0) is 11.0 Å². The molecule has 12 heteroatoms. The summed E-state index contributed by atoms with van der Waals surface area (Å²) in [4.78, 5) is 40.7. The fourth-order valence-corrected chi connectivity index (χ4v) is 3.89. The predicted molar refractivity (Wildman–Crippen MR) is 128 cm³/mol. The van der Waals surface area contributed by atoms with E-state index in [9.17, 15) is 32.7 Å². The van der Waals surface area contributed by atoms with E-state index in [1.165, 1.54) is 30.0 Å². The molecule has 0 aliphatic heterocycles. The Morgan fingerprint density at radius 3 is 2.35 bits per heavy atom. The fraction of sp³-hybridized carbons (Fsp3) is 0.200. The summed E-state index contributed by atoms with van der Waals surface area (Å²) in [5.41, 5.74) is -0.620. The molecule has 2 aromatic carbocycles. The molecule has 2 N–H and O–H groups in total. The molecule has 0 aliphatic rings. The van der Waals surface area contributed by atoms with Crippen molar-refractivity contribution in [3.63, 3.8) is 0 Å². The van der Waals surface area contributed by atoms with Crippen molar-refractivity contribution in [2.75, 3.05) is 17.3 Å². The Bertz CT molecular complexity index is 1260. The molecule has 1 unspecified atom stereocenters. The van der Waals surface area contributed by atoms with E-state index in [1.54, 1.807) is 36.6 Å². The normalized spacial score (nSPS) is 11.7. The van der Waals surface area contributed by atoms with Gasteiger partial charge in [0, 0.05) is 23.6 Å². The smallest absolute Gasteiger partial charge is 0.548 e. The molecule has 3 aromatic rings.